The molecule has 0 aromatic carbocycles. The van der Waals surface area contributed by atoms with Crippen molar-refractivity contribution >= 4 is 6.29 Å². The Hall–Kier alpha value is -1.11. The van der Waals surface area contributed by atoms with Gasteiger partial charge in [0, 0.05) is 6.42 Å². The summed E-state index contributed by atoms with van der Waals surface area (Å²) >= 11 is 0. The molecule has 0 heterocycles. The van der Waals surface area contributed by atoms with Crippen molar-refractivity contribution in [2.24, 2.45) is 0 Å². The Labute approximate surface area is 132 Å². The first kappa shape index (κ1) is 19.9. The minimum absolute atomic E-state index is 0.730. The van der Waals surface area contributed by atoms with Gasteiger partial charge in [0.15, 0.2) is 0 Å². The van der Waals surface area contributed by atoms with E-state index in [4.69, 9.17) is 0 Å². The van der Waals surface area contributed by atoms with E-state index in [1.54, 1.807) is 0 Å². The monoisotopic (exact) mass is 290 g/mol. The zero-order valence-corrected chi connectivity index (χ0v) is 13.9. The minimum Gasteiger partial charge on any atom is -0.303 e. The number of unbranched alkanes of at least 4 members (excludes halogenated alkanes) is 8. The van der Waals surface area contributed by atoms with Crippen LogP contribution < -0.4 is 0 Å². The Morgan fingerprint density at radius 2 is 1.05 bits per heavy atom. The summed E-state index contributed by atoms with van der Waals surface area (Å²) in [6.45, 7) is 2.24. The van der Waals surface area contributed by atoms with Crippen LogP contribution in [0.5, 0.6) is 0 Å². The number of carbonyl (C=O) groups excluding carboxylic acids is 1. The summed E-state index contributed by atoms with van der Waals surface area (Å²) in [5.74, 6) is 0. The molecule has 0 rings (SSSR count). The molecule has 0 aliphatic heterocycles. The second-order valence-corrected chi connectivity index (χ2v) is 5.54. The highest BCUT2D eigenvalue weighted by molar-refractivity contribution is 5.48. The minimum atomic E-state index is 0.730. The molecule has 0 fully saturated rings. The Morgan fingerprint density at radius 3 is 1.57 bits per heavy atom. The molecule has 0 spiro atoms. The zero-order chi connectivity index (χ0) is 15.4. The Morgan fingerprint density at radius 1 is 0.571 bits per heavy atom. The average Bonchev–Trinajstić information content (AvgIpc) is 2.50. The summed E-state index contributed by atoms with van der Waals surface area (Å²) in [7, 11) is 0. The van der Waals surface area contributed by atoms with Crippen LogP contribution in [-0.2, 0) is 4.79 Å². The van der Waals surface area contributed by atoms with Gasteiger partial charge in [-0.3, -0.25) is 0 Å². The lowest BCUT2D eigenvalue weighted by molar-refractivity contribution is -0.107. The highest BCUT2D eigenvalue weighted by Crippen LogP contribution is 2.05. The predicted molar refractivity (Wildman–Crippen MR) is 94.6 cm³/mol. The quantitative estimate of drug-likeness (QED) is 0.190. The summed E-state index contributed by atoms with van der Waals surface area (Å²) in [5, 5.41) is 0. The summed E-state index contributed by atoms with van der Waals surface area (Å²) in [6.07, 6.45) is 28.6. The fraction of sp³-hybridized carbons (Fsp3) is 0.650. The summed E-state index contributed by atoms with van der Waals surface area (Å²) in [4.78, 5) is 10.1. The Kier molecular flexibility index (Phi) is 17.9. The van der Waals surface area contributed by atoms with Crippen molar-refractivity contribution in [1.29, 1.82) is 0 Å². The van der Waals surface area contributed by atoms with Crippen molar-refractivity contribution in [3.8, 4) is 0 Å². The van der Waals surface area contributed by atoms with Gasteiger partial charge < -0.3 is 4.79 Å². The maximum Gasteiger partial charge on any atom is 0.119 e. The van der Waals surface area contributed by atoms with Gasteiger partial charge in [-0.25, -0.2) is 0 Å². The molecular formula is C20H34O. The van der Waals surface area contributed by atoms with Gasteiger partial charge in [-0.05, 0) is 44.9 Å². The lowest BCUT2D eigenvalue weighted by atomic mass is 10.1. The van der Waals surface area contributed by atoms with Crippen LogP contribution >= 0.6 is 0 Å². The molecule has 0 aliphatic carbocycles. The Bertz CT molecular complexity index is 286. The van der Waals surface area contributed by atoms with Gasteiger partial charge in [-0.1, -0.05) is 69.1 Å². The summed E-state index contributed by atoms with van der Waals surface area (Å²) in [5.41, 5.74) is 0. The topological polar surface area (TPSA) is 17.1 Å². The van der Waals surface area contributed by atoms with Crippen LogP contribution in [0.3, 0.4) is 0 Å². The molecule has 0 aromatic heterocycles. The second kappa shape index (κ2) is 18.9. The molecule has 0 radical (unpaired) electrons. The van der Waals surface area contributed by atoms with Crippen molar-refractivity contribution in [3.05, 3.63) is 36.5 Å². The maximum atomic E-state index is 10.1. The van der Waals surface area contributed by atoms with Crippen molar-refractivity contribution in [2.45, 2.75) is 84.0 Å². The molecule has 120 valence electrons. The SMILES string of the molecule is CCCCCC=CCC=CCC=CCCCCCCC=O. The zero-order valence-electron chi connectivity index (χ0n) is 13.9. The van der Waals surface area contributed by atoms with Gasteiger partial charge in [-0.15, -0.1) is 0 Å². The van der Waals surface area contributed by atoms with Crippen LogP contribution in [0.15, 0.2) is 36.5 Å². The number of carbonyl (C=O) groups is 1. The standard InChI is InChI=1S/C20H34O/c1-2-3-4-5-6-7-8-9-10-11-12-13-14-15-16-17-18-19-20-21/h6-7,9-10,12-13,20H,2-5,8,11,14-19H2,1H3. The van der Waals surface area contributed by atoms with Crippen LogP contribution in [-0.4, -0.2) is 6.29 Å². The summed E-state index contributed by atoms with van der Waals surface area (Å²) < 4.78 is 0. The van der Waals surface area contributed by atoms with E-state index in [1.165, 1.54) is 51.4 Å². The van der Waals surface area contributed by atoms with Gasteiger partial charge >= 0.3 is 0 Å². The van der Waals surface area contributed by atoms with Crippen LogP contribution in [0.4, 0.5) is 0 Å². The Balaban J connectivity index is 3.26. The fourth-order valence-corrected chi connectivity index (χ4v) is 2.13. The van der Waals surface area contributed by atoms with E-state index in [1.807, 2.05) is 0 Å². The molecule has 0 amide bonds. The first-order valence-electron chi connectivity index (χ1n) is 8.80. The van der Waals surface area contributed by atoms with Gasteiger partial charge in [0.2, 0.25) is 0 Å². The number of rotatable bonds is 15. The first-order valence-corrected chi connectivity index (χ1v) is 8.80. The molecule has 1 heteroatoms. The largest absolute Gasteiger partial charge is 0.303 e. The second-order valence-electron chi connectivity index (χ2n) is 5.54. The maximum absolute atomic E-state index is 10.1. The van der Waals surface area contributed by atoms with Crippen molar-refractivity contribution in [3.63, 3.8) is 0 Å². The molecule has 0 aromatic rings. The third-order valence-corrected chi connectivity index (χ3v) is 3.46. The number of allylic oxidation sites excluding steroid dienone is 6. The normalized spacial score (nSPS) is 12.0. The van der Waals surface area contributed by atoms with Crippen molar-refractivity contribution in [2.75, 3.05) is 0 Å². The lowest BCUT2D eigenvalue weighted by Crippen LogP contribution is -1.79. The first-order chi connectivity index (χ1) is 10.4. The molecule has 0 unspecified atom stereocenters. The predicted octanol–water partition coefficient (Wildman–Crippen LogP) is 6.56. The van der Waals surface area contributed by atoms with Gasteiger partial charge in [0.1, 0.15) is 6.29 Å². The van der Waals surface area contributed by atoms with Gasteiger partial charge in [0.25, 0.3) is 0 Å². The van der Waals surface area contributed by atoms with Gasteiger partial charge in [-0.2, -0.15) is 0 Å². The van der Waals surface area contributed by atoms with Crippen molar-refractivity contribution < 1.29 is 4.79 Å². The third kappa shape index (κ3) is 18.9. The fourth-order valence-electron chi connectivity index (χ4n) is 2.13. The van der Waals surface area contributed by atoms with Crippen LogP contribution in [0.1, 0.15) is 84.0 Å². The number of hydrogen-bond acceptors (Lipinski definition) is 1. The molecule has 0 N–H and O–H groups in total. The lowest BCUT2D eigenvalue weighted by Gasteiger charge is -1.95. The van der Waals surface area contributed by atoms with Crippen molar-refractivity contribution in [1.82, 2.24) is 0 Å². The van der Waals surface area contributed by atoms with Crippen LogP contribution in [0.2, 0.25) is 0 Å². The van der Waals surface area contributed by atoms with E-state index in [9.17, 15) is 4.79 Å². The number of aldehydes is 1. The molecule has 0 atom stereocenters. The van der Waals surface area contributed by atoms with Crippen LogP contribution in [0.25, 0.3) is 0 Å². The van der Waals surface area contributed by atoms with E-state index in [0.29, 0.717) is 0 Å². The van der Waals surface area contributed by atoms with E-state index in [0.717, 1.165) is 32.0 Å². The van der Waals surface area contributed by atoms with E-state index in [-0.39, 0.29) is 0 Å². The third-order valence-electron chi connectivity index (χ3n) is 3.46. The molecule has 0 aliphatic rings. The average molecular weight is 290 g/mol. The van der Waals surface area contributed by atoms with E-state index in [2.05, 4.69) is 43.4 Å². The molecular weight excluding hydrogens is 256 g/mol. The van der Waals surface area contributed by atoms with Gasteiger partial charge in [0.05, 0.1) is 0 Å². The van der Waals surface area contributed by atoms with E-state index < -0.39 is 0 Å². The summed E-state index contributed by atoms with van der Waals surface area (Å²) in [6, 6.07) is 0. The number of hydrogen-bond donors (Lipinski definition) is 0. The molecule has 21 heavy (non-hydrogen) atoms. The molecule has 1 nitrogen and oxygen atoms in total. The van der Waals surface area contributed by atoms with Crippen LogP contribution in [0, 0.1) is 0 Å². The smallest absolute Gasteiger partial charge is 0.119 e. The molecule has 0 saturated heterocycles. The highest BCUT2D eigenvalue weighted by Gasteiger charge is 1.87. The highest BCUT2D eigenvalue weighted by atomic mass is 16.1. The van der Waals surface area contributed by atoms with E-state index >= 15 is 0 Å². The molecule has 0 saturated carbocycles. The molecule has 0 bridgehead atoms.